The molecule has 16 heteroatoms. The zero-order valence-corrected chi connectivity index (χ0v) is 34.4. The van der Waals surface area contributed by atoms with Crippen molar-refractivity contribution in [1.29, 1.82) is 0 Å². The normalized spacial score (nSPS) is 16.1. The molecule has 326 valence electrons. The summed E-state index contributed by atoms with van der Waals surface area (Å²) in [5.41, 5.74) is -0.915. The third kappa shape index (κ3) is 11.7. The van der Waals surface area contributed by atoms with E-state index in [0.29, 0.717) is 89.4 Å². The molecule has 1 atom stereocenters. The monoisotopic (exact) mass is 839 g/mol. The number of carbonyl (C=O) groups excluding carboxylic acids is 3. The van der Waals surface area contributed by atoms with Crippen LogP contribution in [0.25, 0.3) is 22.3 Å². The minimum atomic E-state index is -3.31. The molecule has 4 heterocycles. The average Bonchev–Trinajstić information content (AvgIpc) is 3.59. The number of carboxylic acid groups (broad SMARTS) is 1. The Kier molecular flexibility index (Phi) is 16.7. The summed E-state index contributed by atoms with van der Waals surface area (Å²) in [5.74, 6) is -5.23. The number of aromatic nitrogens is 2. The SMILES string of the molecule is CCC1(O)C(=O)OCc2c1cc1n(c2=O)Cc2c-1nc1ccccc1c2C(F)(F)CCCC(C)=NCC(=O)CCCCOCCOCCOCCCCC(=O)CCC(=O)O. The number of fused-ring (bicyclic) bond motifs is 5. The first-order valence-corrected chi connectivity index (χ1v) is 20.7. The molecular formula is C44H55F2N3O11. The number of esters is 1. The van der Waals surface area contributed by atoms with Gasteiger partial charge in [-0.3, -0.25) is 24.2 Å². The number of unbranched alkanes of at least 4 members (excludes halogenated alkanes) is 2. The molecule has 0 saturated heterocycles. The molecule has 0 bridgehead atoms. The van der Waals surface area contributed by atoms with Gasteiger partial charge < -0.3 is 33.7 Å². The molecule has 5 rings (SSSR count). The van der Waals surface area contributed by atoms with E-state index in [-0.39, 0.29) is 102 Å². The van der Waals surface area contributed by atoms with E-state index in [1.54, 1.807) is 38.1 Å². The Balaban J connectivity index is 1.01. The van der Waals surface area contributed by atoms with Crippen molar-refractivity contribution in [1.82, 2.24) is 9.55 Å². The zero-order chi connectivity index (χ0) is 43.3. The predicted octanol–water partition coefficient (Wildman–Crippen LogP) is 6.20. The van der Waals surface area contributed by atoms with Gasteiger partial charge in [-0.1, -0.05) is 25.1 Å². The van der Waals surface area contributed by atoms with Crippen molar-refractivity contribution in [2.75, 3.05) is 46.2 Å². The van der Waals surface area contributed by atoms with Crippen LogP contribution < -0.4 is 5.56 Å². The van der Waals surface area contributed by atoms with Crippen LogP contribution in [0.3, 0.4) is 0 Å². The van der Waals surface area contributed by atoms with Crippen molar-refractivity contribution < 1.29 is 57.1 Å². The van der Waals surface area contributed by atoms with Gasteiger partial charge in [-0.25, -0.2) is 18.6 Å². The summed E-state index contributed by atoms with van der Waals surface area (Å²) in [7, 11) is 0. The second-order valence-corrected chi connectivity index (χ2v) is 15.3. The number of nitrogens with zero attached hydrogens (tertiary/aromatic N) is 3. The molecule has 0 aliphatic carbocycles. The summed E-state index contributed by atoms with van der Waals surface area (Å²) in [6.45, 7) is 5.47. The Morgan fingerprint density at radius 3 is 2.20 bits per heavy atom. The number of cyclic esters (lactones) is 1. The molecule has 14 nitrogen and oxygen atoms in total. The van der Waals surface area contributed by atoms with Gasteiger partial charge in [-0.05, 0) is 64.0 Å². The van der Waals surface area contributed by atoms with Gasteiger partial charge in [0.15, 0.2) is 11.4 Å². The highest BCUT2D eigenvalue weighted by Gasteiger charge is 2.46. The van der Waals surface area contributed by atoms with Crippen molar-refractivity contribution in [2.24, 2.45) is 4.99 Å². The van der Waals surface area contributed by atoms with E-state index >= 15 is 8.78 Å². The number of Topliss-reactive ketones (excluding diaryl/α,β-unsaturated/α-hetero) is 2. The van der Waals surface area contributed by atoms with Gasteiger partial charge >= 0.3 is 11.9 Å². The van der Waals surface area contributed by atoms with Crippen molar-refractivity contribution in [2.45, 2.75) is 116 Å². The Labute approximate surface area is 347 Å². The molecule has 0 spiro atoms. The van der Waals surface area contributed by atoms with E-state index in [9.17, 15) is 29.1 Å². The van der Waals surface area contributed by atoms with Gasteiger partial charge in [-0.15, -0.1) is 0 Å². The van der Waals surface area contributed by atoms with E-state index < -0.39 is 35.4 Å². The molecular weight excluding hydrogens is 784 g/mol. The summed E-state index contributed by atoms with van der Waals surface area (Å²) in [5, 5.41) is 20.1. The minimum Gasteiger partial charge on any atom is -0.481 e. The van der Waals surface area contributed by atoms with Crippen LogP contribution in [0.15, 0.2) is 40.1 Å². The van der Waals surface area contributed by atoms with Gasteiger partial charge in [0, 0.05) is 66.7 Å². The van der Waals surface area contributed by atoms with Gasteiger partial charge in [0.25, 0.3) is 11.5 Å². The Hall–Kier alpha value is -4.77. The number of rotatable bonds is 27. The second kappa shape index (κ2) is 21.7. The number of hydrogen-bond acceptors (Lipinski definition) is 12. The Morgan fingerprint density at radius 1 is 0.883 bits per heavy atom. The molecule has 0 amide bonds. The number of pyridine rings is 2. The fourth-order valence-electron chi connectivity index (χ4n) is 7.48. The van der Waals surface area contributed by atoms with Crippen LogP contribution in [0.2, 0.25) is 0 Å². The van der Waals surface area contributed by atoms with Crippen LogP contribution in [-0.4, -0.2) is 95.2 Å². The highest BCUT2D eigenvalue weighted by molar-refractivity contribution is 5.90. The van der Waals surface area contributed by atoms with Crippen molar-refractivity contribution in [3.8, 4) is 11.4 Å². The Bertz CT molecular complexity index is 2120. The number of carboxylic acids is 1. The second-order valence-electron chi connectivity index (χ2n) is 15.3. The molecule has 2 N–H and O–H groups in total. The van der Waals surface area contributed by atoms with Crippen molar-refractivity contribution in [3.63, 3.8) is 0 Å². The lowest BCUT2D eigenvalue weighted by Gasteiger charge is -2.31. The molecule has 2 aromatic heterocycles. The minimum absolute atomic E-state index is 0.0206. The summed E-state index contributed by atoms with van der Waals surface area (Å²) < 4.78 is 55.9. The first kappa shape index (κ1) is 46.3. The maximum atomic E-state index is 16.4. The first-order valence-electron chi connectivity index (χ1n) is 20.7. The van der Waals surface area contributed by atoms with Crippen molar-refractivity contribution in [3.05, 3.63) is 62.9 Å². The fraction of sp³-hybridized carbons (Fsp3) is 0.568. The average molecular weight is 840 g/mol. The van der Waals surface area contributed by atoms with Crippen molar-refractivity contribution >= 4 is 40.1 Å². The highest BCUT2D eigenvalue weighted by Crippen LogP contribution is 2.46. The smallest absolute Gasteiger partial charge is 0.343 e. The molecule has 0 fully saturated rings. The van der Waals surface area contributed by atoms with Crippen LogP contribution in [-0.2, 0) is 62.8 Å². The van der Waals surface area contributed by atoms with E-state index in [1.165, 1.54) is 10.6 Å². The maximum absolute atomic E-state index is 16.4. The summed E-state index contributed by atoms with van der Waals surface area (Å²) >= 11 is 0. The van der Waals surface area contributed by atoms with E-state index in [2.05, 4.69) is 4.99 Å². The molecule has 60 heavy (non-hydrogen) atoms. The number of carbonyl (C=O) groups is 4. The molecule has 3 aromatic rings. The molecule has 2 aliphatic heterocycles. The van der Waals surface area contributed by atoms with Crippen LogP contribution >= 0.6 is 0 Å². The number of ether oxygens (including phenoxy) is 4. The lowest BCUT2D eigenvalue weighted by molar-refractivity contribution is -0.172. The van der Waals surface area contributed by atoms with Crippen LogP contribution in [0.5, 0.6) is 0 Å². The standard InChI is InChI=1S/C44H55F2N3O11/c1-3-43(56)35-25-37-40-33(27-49(37)41(54)34(35)28-60-42(43)55)39(32-14-4-5-15-36(32)48-40)44(45,46)18-10-11-29(2)47-26-31(51)13-7-9-20-58-22-24-59-23-21-57-19-8-6-12-30(50)16-17-38(52)53/h4-5,14-15,25,56H,3,6-13,16-24,26-28H2,1-2H3,(H,52,53). The predicted molar refractivity (Wildman–Crippen MR) is 217 cm³/mol. The molecule has 0 radical (unpaired) electrons. The number of halogens is 2. The summed E-state index contributed by atoms with van der Waals surface area (Å²) in [6.07, 6.45) is 3.15. The van der Waals surface area contributed by atoms with E-state index in [4.69, 9.17) is 29.0 Å². The Morgan fingerprint density at radius 2 is 1.53 bits per heavy atom. The summed E-state index contributed by atoms with van der Waals surface area (Å²) in [6, 6.07) is 8.11. The quantitative estimate of drug-likeness (QED) is 0.0393. The van der Waals surface area contributed by atoms with Gasteiger partial charge in [0.1, 0.15) is 12.4 Å². The number of aliphatic carboxylic acids is 1. The first-order chi connectivity index (χ1) is 28.8. The van der Waals surface area contributed by atoms with Gasteiger partial charge in [0.05, 0.1) is 68.4 Å². The van der Waals surface area contributed by atoms with Gasteiger partial charge in [0.2, 0.25) is 0 Å². The van der Waals surface area contributed by atoms with Crippen LogP contribution in [0, 0.1) is 0 Å². The summed E-state index contributed by atoms with van der Waals surface area (Å²) in [4.78, 5) is 69.8. The number of alkyl halides is 2. The van der Waals surface area contributed by atoms with E-state index in [1.807, 2.05) is 0 Å². The lowest BCUT2D eigenvalue weighted by atomic mass is 9.86. The number of benzene rings is 1. The zero-order valence-electron chi connectivity index (χ0n) is 34.4. The maximum Gasteiger partial charge on any atom is 0.343 e. The number of hydrogen-bond donors (Lipinski definition) is 2. The van der Waals surface area contributed by atoms with Crippen LogP contribution in [0.4, 0.5) is 8.78 Å². The number of aliphatic imine (C=N–C) groups is 1. The molecule has 1 unspecified atom stereocenters. The highest BCUT2D eigenvalue weighted by atomic mass is 19.3. The largest absolute Gasteiger partial charge is 0.481 e. The molecule has 2 aliphatic rings. The third-order valence-electron chi connectivity index (χ3n) is 10.9. The number of para-hydroxylation sites is 1. The number of ketones is 2. The number of aliphatic hydroxyl groups is 1. The fourth-order valence-corrected chi connectivity index (χ4v) is 7.48. The van der Waals surface area contributed by atoms with Gasteiger partial charge in [-0.2, -0.15) is 0 Å². The van der Waals surface area contributed by atoms with Crippen LogP contribution in [0.1, 0.15) is 113 Å². The van der Waals surface area contributed by atoms with E-state index in [0.717, 1.165) is 0 Å². The lowest BCUT2D eigenvalue weighted by Crippen LogP contribution is -2.44. The molecule has 1 aromatic carbocycles. The third-order valence-corrected chi connectivity index (χ3v) is 10.9. The molecule has 0 saturated carbocycles. The topological polar surface area (TPSA) is 193 Å².